The Bertz CT molecular complexity index is 1330. The molecule has 2 fully saturated rings. The normalized spacial score (nSPS) is 35.2. The Hall–Kier alpha value is -2.40. The third-order valence-electron chi connectivity index (χ3n) is 9.77. The van der Waals surface area contributed by atoms with Crippen LogP contribution in [0.3, 0.4) is 0 Å². The number of amides is 1. The zero-order valence-corrected chi connectivity index (χ0v) is 22.5. The Morgan fingerprint density at radius 2 is 1.97 bits per heavy atom. The number of aromatic hydroxyl groups is 1. The zero-order chi connectivity index (χ0) is 27.0. The highest BCUT2D eigenvalue weighted by atomic mass is 32.2. The first kappa shape index (κ1) is 25.9. The monoisotopic (exact) mass is 544 g/mol. The molecular formula is C28H36N2O7S. The molecule has 38 heavy (non-hydrogen) atoms. The number of carbonyl (C=O) groups is 1. The van der Waals surface area contributed by atoms with Gasteiger partial charge in [0.25, 0.3) is 10.1 Å². The second-order valence-electron chi connectivity index (χ2n) is 11.7. The molecule has 1 spiro atoms. The number of carbonyl (C=O) groups excluding carboxylic acids is 1. The first-order valence-corrected chi connectivity index (χ1v) is 15.4. The fourth-order valence-corrected chi connectivity index (χ4v) is 8.43. The quantitative estimate of drug-likeness (QED) is 0.391. The summed E-state index contributed by atoms with van der Waals surface area (Å²) in [4.78, 5) is 17.9. The molecule has 6 aliphatic rings. The van der Waals surface area contributed by atoms with Gasteiger partial charge in [-0.05, 0) is 75.1 Å². The molecule has 10 heteroatoms. The average Bonchev–Trinajstić information content (AvgIpc) is 3.37. The smallest absolute Gasteiger partial charge is 0.261 e. The Kier molecular flexibility index (Phi) is 5.99. The van der Waals surface area contributed by atoms with Gasteiger partial charge in [-0.25, -0.2) is 0 Å². The van der Waals surface area contributed by atoms with Crippen molar-refractivity contribution in [1.29, 1.82) is 0 Å². The molecule has 3 N–H and O–H groups in total. The van der Waals surface area contributed by atoms with Gasteiger partial charge in [0.2, 0.25) is 5.91 Å². The van der Waals surface area contributed by atoms with Gasteiger partial charge >= 0.3 is 0 Å². The van der Waals surface area contributed by atoms with Crippen LogP contribution in [0.5, 0.6) is 11.5 Å². The maximum Gasteiger partial charge on any atom is 0.261 e. The minimum atomic E-state index is -3.67. The van der Waals surface area contributed by atoms with Crippen LogP contribution in [0.15, 0.2) is 35.9 Å². The third kappa shape index (κ3) is 3.60. The lowest BCUT2D eigenvalue weighted by atomic mass is 9.48. The van der Waals surface area contributed by atoms with Crippen LogP contribution in [0.4, 0.5) is 0 Å². The fraction of sp³-hybridized carbons (Fsp3) is 0.607. The molecule has 3 aliphatic carbocycles. The summed E-state index contributed by atoms with van der Waals surface area (Å²) in [5, 5.41) is 23.3. The molecule has 3 heterocycles. The molecule has 5 atom stereocenters. The molecule has 2 bridgehead atoms. The van der Waals surface area contributed by atoms with E-state index in [-0.39, 0.29) is 29.8 Å². The summed E-state index contributed by atoms with van der Waals surface area (Å²) in [6.45, 7) is 6.25. The van der Waals surface area contributed by atoms with E-state index < -0.39 is 21.1 Å². The lowest BCUT2D eigenvalue weighted by molar-refractivity contribution is -0.198. The molecule has 9 nitrogen and oxygen atoms in total. The topological polar surface area (TPSA) is 128 Å². The van der Waals surface area contributed by atoms with Crippen LogP contribution in [0.1, 0.15) is 56.1 Å². The van der Waals surface area contributed by atoms with E-state index in [9.17, 15) is 23.4 Å². The molecule has 1 aromatic rings. The molecular weight excluding hydrogens is 508 g/mol. The number of phenols is 1. The van der Waals surface area contributed by atoms with Crippen molar-refractivity contribution in [2.75, 3.05) is 25.9 Å². The van der Waals surface area contributed by atoms with Gasteiger partial charge in [-0.2, -0.15) is 8.42 Å². The minimum Gasteiger partial charge on any atom is -0.504 e. The van der Waals surface area contributed by atoms with Crippen molar-refractivity contribution in [3.05, 3.63) is 47.1 Å². The highest BCUT2D eigenvalue weighted by molar-refractivity contribution is 7.85. The number of likely N-dealkylation sites (tertiary alicyclic amines) is 1. The summed E-state index contributed by atoms with van der Waals surface area (Å²) in [6.07, 6.45) is 9.33. The fourth-order valence-electron chi connectivity index (χ4n) is 8.43. The summed E-state index contributed by atoms with van der Waals surface area (Å²) in [7, 11) is -3.67. The SMILES string of the molecule is C=CCN1CC[C@]23c4c5ccc(O)c4O[C@H]2[C@H](N2CC4=C(CCCC4)C2=O)CCC3(O)[C@H]1C5.CS(=O)(=O)O. The van der Waals surface area contributed by atoms with Crippen molar-refractivity contribution < 1.29 is 32.7 Å². The number of benzene rings is 1. The maximum absolute atomic E-state index is 13.5. The summed E-state index contributed by atoms with van der Waals surface area (Å²) < 4.78 is 32.5. The number of piperidine rings is 1. The summed E-state index contributed by atoms with van der Waals surface area (Å²) in [5.74, 6) is 0.871. The number of phenolic OH excluding ortho intramolecular Hbond substituents is 1. The van der Waals surface area contributed by atoms with Crippen LogP contribution < -0.4 is 4.74 Å². The molecule has 1 amide bonds. The predicted octanol–water partition coefficient (Wildman–Crippen LogP) is 2.32. The Morgan fingerprint density at radius 3 is 2.68 bits per heavy atom. The third-order valence-corrected chi connectivity index (χ3v) is 9.77. The molecule has 3 aliphatic heterocycles. The largest absolute Gasteiger partial charge is 0.504 e. The van der Waals surface area contributed by atoms with Crippen molar-refractivity contribution in [3.63, 3.8) is 0 Å². The second-order valence-corrected chi connectivity index (χ2v) is 13.2. The number of ether oxygens (including phenoxy) is 1. The number of rotatable bonds is 3. The van der Waals surface area contributed by atoms with Crippen LogP contribution >= 0.6 is 0 Å². The number of hydrogen-bond donors (Lipinski definition) is 3. The van der Waals surface area contributed by atoms with Gasteiger partial charge < -0.3 is 19.8 Å². The van der Waals surface area contributed by atoms with Crippen LogP contribution in [0.25, 0.3) is 0 Å². The zero-order valence-electron chi connectivity index (χ0n) is 21.7. The standard InChI is InChI=1S/C27H32N2O4.CH4O3S/c1-2-12-28-13-11-26-22-16-7-8-20(30)23(22)33-24(26)19(9-10-27(26,32)21(28)14-16)29-15-17-5-3-4-6-18(17)25(29)31;1-5(2,3)4/h2,7-8,19,21,24,30,32H,1,3-6,9-15H2;1H3,(H,2,3,4)/t19-,21-,24+,26+,27?;/m1./s1. The second kappa shape index (κ2) is 8.81. The summed E-state index contributed by atoms with van der Waals surface area (Å²) in [5.41, 5.74) is 2.98. The lowest BCUT2D eigenvalue weighted by Crippen LogP contribution is -2.78. The van der Waals surface area contributed by atoms with E-state index in [0.717, 1.165) is 69.2 Å². The number of nitrogens with zero attached hydrogens (tertiary/aromatic N) is 2. The lowest BCUT2D eigenvalue weighted by Gasteiger charge is -2.64. The average molecular weight is 545 g/mol. The van der Waals surface area contributed by atoms with Gasteiger partial charge in [0.15, 0.2) is 11.5 Å². The van der Waals surface area contributed by atoms with E-state index >= 15 is 0 Å². The Morgan fingerprint density at radius 1 is 1.24 bits per heavy atom. The van der Waals surface area contributed by atoms with Gasteiger partial charge in [-0.15, -0.1) is 6.58 Å². The molecule has 1 saturated heterocycles. The van der Waals surface area contributed by atoms with Gasteiger partial charge in [-0.3, -0.25) is 14.2 Å². The van der Waals surface area contributed by atoms with Crippen molar-refractivity contribution in [1.82, 2.24) is 9.80 Å². The summed E-state index contributed by atoms with van der Waals surface area (Å²) >= 11 is 0. The van der Waals surface area contributed by atoms with E-state index in [0.29, 0.717) is 25.0 Å². The van der Waals surface area contributed by atoms with Crippen LogP contribution in [-0.4, -0.2) is 88.6 Å². The predicted molar refractivity (Wildman–Crippen MR) is 141 cm³/mol. The van der Waals surface area contributed by atoms with E-state index in [1.165, 1.54) is 11.1 Å². The molecule has 7 rings (SSSR count). The Balaban J connectivity index is 0.000000487. The van der Waals surface area contributed by atoms with E-state index in [2.05, 4.69) is 16.4 Å². The van der Waals surface area contributed by atoms with E-state index in [1.54, 1.807) is 6.07 Å². The van der Waals surface area contributed by atoms with Crippen molar-refractivity contribution in [2.24, 2.45) is 0 Å². The maximum atomic E-state index is 13.5. The number of hydrogen-bond acceptors (Lipinski definition) is 7. The summed E-state index contributed by atoms with van der Waals surface area (Å²) in [6, 6.07) is 3.64. The van der Waals surface area contributed by atoms with E-state index in [1.807, 2.05) is 12.1 Å². The number of aliphatic hydroxyl groups is 1. The first-order chi connectivity index (χ1) is 18.0. The molecule has 1 aromatic carbocycles. The van der Waals surface area contributed by atoms with Gasteiger partial charge in [0.05, 0.1) is 23.3 Å². The molecule has 0 radical (unpaired) electrons. The molecule has 1 unspecified atom stereocenters. The first-order valence-electron chi connectivity index (χ1n) is 13.5. The van der Waals surface area contributed by atoms with Gasteiger partial charge in [0, 0.05) is 30.3 Å². The van der Waals surface area contributed by atoms with Crippen LogP contribution in [0, 0.1) is 0 Å². The van der Waals surface area contributed by atoms with Crippen molar-refractivity contribution in [2.45, 2.75) is 80.6 Å². The van der Waals surface area contributed by atoms with Crippen LogP contribution in [-0.2, 0) is 26.7 Å². The Labute approximate surface area is 223 Å². The molecule has 206 valence electrons. The molecule has 0 aromatic heterocycles. The van der Waals surface area contributed by atoms with Crippen molar-refractivity contribution >= 4 is 16.0 Å². The van der Waals surface area contributed by atoms with Gasteiger partial charge in [-0.1, -0.05) is 12.1 Å². The van der Waals surface area contributed by atoms with Gasteiger partial charge in [0.1, 0.15) is 6.10 Å². The van der Waals surface area contributed by atoms with Crippen molar-refractivity contribution in [3.8, 4) is 11.5 Å². The highest BCUT2D eigenvalue weighted by Gasteiger charge is 2.73. The molecule has 1 saturated carbocycles. The highest BCUT2D eigenvalue weighted by Crippen LogP contribution is 2.66. The van der Waals surface area contributed by atoms with Crippen LogP contribution in [0.2, 0.25) is 0 Å². The van der Waals surface area contributed by atoms with E-state index in [4.69, 9.17) is 9.29 Å². The minimum absolute atomic E-state index is 0.0140.